The number of nitrogens with one attached hydrogen (secondary N) is 1. The third kappa shape index (κ3) is 17.3. The maximum atomic E-state index is 12.3. The molecule has 0 aromatic rings. The standard InChI is InChI=1S/C24H47NO4/c1-6-7-8-9-10-11-12-13-14-15-16-17-18-28-23(26)22(21(4)5)25-24(27)29-19-20(2)3/h20-22H,6-19H2,1-5H3,(H,25,27)/t22-/m0/s1. The van der Waals surface area contributed by atoms with E-state index < -0.39 is 12.1 Å². The van der Waals surface area contributed by atoms with Crippen molar-refractivity contribution < 1.29 is 19.1 Å². The van der Waals surface area contributed by atoms with Gasteiger partial charge in [0.2, 0.25) is 0 Å². The number of carbonyl (C=O) groups excluding carboxylic acids is 2. The first kappa shape index (κ1) is 27.7. The molecule has 1 amide bonds. The van der Waals surface area contributed by atoms with Crippen molar-refractivity contribution >= 4 is 12.1 Å². The van der Waals surface area contributed by atoms with Crippen molar-refractivity contribution in [1.82, 2.24) is 5.32 Å². The van der Waals surface area contributed by atoms with E-state index in [0.717, 1.165) is 12.8 Å². The van der Waals surface area contributed by atoms with Crippen molar-refractivity contribution in [3.05, 3.63) is 0 Å². The Balaban J connectivity index is 3.72. The lowest BCUT2D eigenvalue weighted by molar-refractivity contribution is -0.147. The zero-order chi connectivity index (χ0) is 21.9. The highest BCUT2D eigenvalue weighted by atomic mass is 16.6. The number of unbranched alkanes of at least 4 members (excludes halogenated alkanes) is 11. The number of amides is 1. The summed E-state index contributed by atoms with van der Waals surface area (Å²) < 4.78 is 10.5. The van der Waals surface area contributed by atoms with Crippen LogP contribution in [0.3, 0.4) is 0 Å². The van der Waals surface area contributed by atoms with Gasteiger partial charge in [0.05, 0.1) is 13.2 Å². The summed E-state index contributed by atoms with van der Waals surface area (Å²) >= 11 is 0. The average Bonchev–Trinajstić information content (AvgIpc) is 2.67. The Morgan fingerprint density at radius 1 is 0.724 bits per heavy atom. The molecule has 0 aliphatic heterocycles. The van der Waals surface area contributed by atoms with Crippen LogP contribution < -0.4 is 5.32 Å². The maximum Gasteiger partial charge on any atom is 0.407 e. The molecule has 1 atom stereocenters. The Kier molecular flexibility index (Phi) is 17.9. The normalized spacial score (nSPS) is 12.2. The van der Waals surface area contributed by atoms with Crippen molar-refractivity contribution in [1.29, 1.82) is 0 Å². The molecular weight excluding hydrogens is 366 g/mol. The Hall–Kier alpha value is -1.26. The van der Waals surface area contributed by atoms with Gasteiger partial charge in [0.15, 0.2) is 0 Å². The van der Waals surface area contributed by atoms with Gasteiger partial charge in [-0.3, -0.25) is 0 Å². The molecule has 0 spiro atoms. The van der Waals surface area contributed by atoms with Gasteiger partial charge in [-0.1, -0.05) is 105 Å². The molecule has 0 aliphatic rings. The molecule has 0 fully saturated rings. The summed E-state index contributed by atoms with van der Waals surface area (Å²) in [6.45, 7) is 10.7. The molecule has 29 heavy (non-hydrogen) atoms. The second-order valence-electron chi connectivity index (χ2n) is 8.91. The number of esters is 1. The summed E-state index contributed by atoms with van der Waals surface area (Å²) in [4.78, 5) is 24.1. The van der Waals surface area contributed by atoms with Crippen molar-refractivity contribution in [3.63, 3.8) is 0 Å². The van der Waals surface area contributed by atoms with Crippen LogP contribution in [0, 0.1) is 11.8 Å². The summed E-state index contributed by atoms with van der Waals surface area (Å²) in [5, 5.41) is 2.63. The van der Waals surface area contributed by atoms with Gasteiger partial charge in [-0.25, -0.2) is 9.59 Å². The van der Waals surface area contributed by atoms with Gasteiger partial charge in [0.25, 0.3) is 0 Å². The molecule has 0 unspecified atom stereocenters. The van der Waals surface area contributed by atoms with Crippen LogP contribution in [0.2, 0.25) is 0 Å². The Morgan fingerprint density at radius 2 is 1.21 bits per heavy atom. The topological polar surface area (TPSA) is 64.6 Å². The van der Waals surface area contributed by atoms with E-state index in [4.69, 9.17) is 9.47 Å². The second kappa shape index (κ2) is 18.7. The van der Waals surface area contributed by atoms with Crippen molar-refractivity contribution in [3.8, 4) is 0 Å². The lowest BCUT2D eigenvalue weighted by Gasteiger charge is -2.21. The van der Waals surface area contributed by atoms with Crippen LogP contribution in [0.5, 0.6) is 0 Å². The minimum absolute atomic E-state index is 0.0453. The molecule has 0 aromatic heterocycles. The maximum absolute atomic E-state index is 12.3. The van der Waals surface area contributed by atoms with Gasteiger partial charge in [0, 0.05) is 0 Å². The Morgan fingerprint density at radius 3 is 1.66 bits per heavy atom. The quantitative estimate of drug-likeness (QED) is 0.202. The van der Waals surface area contributed by atoms with Gasteiger partial charge >= 0.3 is 12.1 Å². The largest absolute Gasteiger partial charge is 0.464 e. The third-order valence-corrected chi connectivity index (χ3v) is 4.98. The molecular formula is C24H47NO4. The lowest BCUT2D eigenvalue weighted by atomic mass is 10.0. The van der Waals surface area contributed by atoms with E-state index in [1.165, 1.54) is 64.2 Å². The third-order valence-electron chi connectivity index (χ3n) is 4.98. The van der Waals surface area contributed by atoms with E-state index >= 15 is 0 Å². The second-order valence-corrected chi connectivity index (χ2v) is 8.91. The number of rotatable bonds is 18. The molecule has 1 N–H and O–H groups in total. The van der Waals surface area contributed by atoms with Gasteiger partial charge in [0.1, 0.15) is 6.04 Å². The smallest absolute Gasteiger partial charge is 0.407 e. The van der Waals surface area contributed by atoms with Gasteiger partial charge in [-0.05, 0) is 18.3 Å². The van der Waals surface area contributed by atoms with E-state index in [1.807, 2.05) is 27.7 Å². The first-order valence-electron chi connectivity index (χ1n) is 12.0. The molecule has 0 rings (SSSR count). The molecule has 0 saturated carbocycles. The van der Waals surface area contributed by atoms with E-state index in [-0.39, 0.29) is 17.8 Å². The first-order chi connectivity index (χ1) is 13.9. The Labute approximate surface area is 179 Å². The highest BCUT2D eigenvalue weighted by molar-refractivity contribution is 5.81. The predicted molar refractivity (Wildman–Crippen MR) is 120 cm³/mol. The van der Waals surface area contributed by atoms with Crippen LogP contribution in [0.4, 0.5) is 4.79 Å². The average molecular weight is 414 g/mol. The molecule has 172 valence electrons. The van der Waals surface area contributed by atoms with Crippen LogP contribution in [0.15, 0.2) is 0 Å². The first-order valence-corrected chi connectivity index (χ1v) is 12.0. The molecule has 5 nitrogen and oxygen atoms in total. The summed E-state index contributed by atoms with van der Waals surface area (Å²) in [7, 11) is 0. The fraction of sp³-hybridized carbons (Fsp3) is 0.917. The van der Waals surface area contributed by atoms with Gasteiger partial charge in [-0.2, -0.15) is 0 Å². The molecule has 0 radical (unpaired) electrons. The number of carbonyl (C=O) groups is 2. The van der Waals surface area contributed by atoms with Crippen LogP contribution in [0.1, 0.15) is 112 Å². The van der Waals surface area contributed by atoms with E-state index in [2.05, 4.69) is 12.2 Å². The summed E-state index contributed by atoms with van der Waals surface area (Å²) in [5.41, 5.74) is 0. The lowest BCUT2D eigenvalue weighted by Crippen LogP contribution is -2.45. The molecule has 5 heteroatoms. The minimum atomic E-state index is -0.660. The van der Waals surface area contributed by atoms with Gasteiger partial charge < -0.3 is 14.8 Å². The van der Waals surface area contributed by atoms with Crippen LogP contribution in [-0.2, 0) is 14.3 Å². The fourth-order valence-electron chi connectivity index (χ4n) is 3.11. The van der Waals surface area contributed by atoms with Crippen LogP contribution >= 0.6 is 0 Å². The monoisotopic (exact) mass is 413 g/mol. The highest BCUT2D eigenvalue weighted by Gasteiger charge is 2.26. The molecule has 0 heterocycles. The van der Waals surface area contributed by atoms with Crippen LogP contribution in [0.25, 0.3) is 0 Å². The number of alkyl carbamates (subject to hydrolysis) is 1. The highest BCUT2D eigenvalue weighted by Crippen LogP contribution is 2.12. The predicted octanol–water partition coefficient (Wildman–Crippen LogP) is 6.64. The van der Waals surface area contributed by atoms with E-state index in [0.29, 0.717) is 13.2 Å². The zero-order valence-electron chi connectivity index (χ0n) is 19.8. The summed E-state index contributed by atoms with van der Waals surface area (Å²) in [5.74, 6) is -0.156. The SMILES string of the molecule is CCCCCCCCCCCCCCOC(=O)[C@@H](NC(=O)OCC(C)C)C(C)C. The van der Waals surface area contributed by atoms with E-state index in [1.54, 1.807) is 0 Å². The molecule has 0 bridgehead atoms. The van der Waals surface area contributed by atoms with Crippen molar-refractivity contribution in [2.75, 3.05) is 13.2 Å². The van der Waals surface area contributed by atoms with E-state index in [9.17, 15) is 9.59 Å². The van der Waals surface area contributed by atoms with Crippen molar-refractivity contribution in [2.24, 2.45) is 11.8 Å². The minimum Gasteiger partial charge on any atom is -0.464 e. The zero-order valence-corrected chi connectivity index (χ0v) is 19.8. The number of hydrogen-bond acceptors (Lipinski definition) is 4. The molecule has 0 aromatic carbocycles. The summed E-state index contributed by atoms with van der Waals surface area (Å²) in [6.07, 6.45) is 14.7. The Bertz CT molecular complexity index is 410. The molecule has 0 aliphatic carbocycles. The fourth-order valence-corrected chi connectivity index (χ4v) is 3.11. The number of hydrogen-bond donors (Lipinski definition) is 1. The van der Waals surface area contributed by atoms with Crippen LogP contribution in [-0.4, -0.2) is 31.3 Å². The van der Waals surface area contributed by atoms with Crippen molar-refractivity contribution in [2.45, 2.75) is 118 Å². The number of ether oxygens (including phenoxy) is 2. The van der Waals surface area contributed by atoms with Gasteiger partial charge in [-0.15, -0.1) is 0 Å². The molecule has 0 saturated heterocycles. The summed E-state index contributed by atoms with van der Waals surface area (Å²) in [6, 6.07) is -0.660.